The predicted octanol–water partition coefficient (Wildman–Crippen LogP) is 4.05. The third-order valence-corrected chi connectivity index (χ3v) is 5.16. The van der Waals surface area contributed by atoms with Gasteiger partial charge in [-0.05, 0) is 69.5 Å². The molecule has 2 saturated heterocycles. The van der Waals surface area contributed by atoms with Crippen LogP contribution in [-0.4, -0.2) is 56.2 Å². The quantitative estimate of drug-likeness (QED) is 0.841. The molecule has 3 rings (SSSR count). The number of likely N-dealkylation sites (N-methyl/N-ethyl adjacent to an activating group) is 1. The largest absolute Gasteiger partial charge is 0.316 e. The van der Waals surface area contributed by atoms with E-state index in [1.807, 2.05) is 13.8 Å². The number of hydrogen-bond acceptors (Lipinski definition) is 3. The predicted molar refractivity (Wildman–Crippen MR) is 103 cm³/mol. The maximum atomic E-state index is 3.48. The number of rotatable bonds is 4. The first-order valence-electron chi connectivity index (χ1n) is 10.1. The Bertz CT molecular complexity index is 291. The summed E-state index contributed by atoms with van der Waals surface area (Å²) in [5.41, 5.74) is 0.772. The fraction of sp³-hybridized carbons (Fsp3) is 1.00. The molecular formula is C20H43N3. The van der Waals surface area contributed by atoms with Gasteiger partial charge in [0, 0.05) is 19.6 Å². The molecule has 3 nitrogen and oxygen atoms in total. The van der Waals surface area contributed by atoms with E-state index in [1.165, 1.54) is 71.5 Å². The normalized spacial score (nSPS) is 27.0. The van der Waals surface area contributed by atoms with Gasteiger partial charge in [0.1, 0.15) is 0 Å². The van der Waals surface area contributed by atoms with E-state index < -0.39 is 0 Å². The lowest BCUT2D eigenvalue weighted by atomic mass is 9.97. The van der Waals surface area contributed by atoms with E-state index in [1.54, 1.807) is 0 Å². The molecule has 23 heavy (non-hydrogen) atoms. The van der Waals surface area contributed by atoms with Crippen molar-refractivity contribution in [2.75, 3.05) is 46.4 Å². The maximum Gasteiger partial charge on any atom is 0.0504 e. The second-order valence-electron chi connectivity index (χ2n) is 8.42. The molecule has 3 fully saturated rings. The third kappa shape index (κ3) is 9.07. The van der Waals surface area contributed by atoms with Crippen molar-refractivity contribution in [3.05, 3.63) is 0 Å². The minimum atomic E-state index is 0.772. The van der Waals surface area contributed by atoms with Crippen LogP contribution in [0, 0.1) is 17.3 Å². The molecule has 1 unspecified atom stereocenters. The zero-order valence-electron chi connectivity index (χ0n) is 16.8. The van der Waals surface area contributed by atoms with Gasteiger partial charge in [-0.25, -0.2) is 0 Å². The van der Waals surface area contributed by atoms with Crippen LogP contribution in [0.3, 0.4) is 0 Å². The van der Waals surface area contributed by atoms with Crippen LogP contribution >= 0.6 is 0 Å². The molecule has 3 heteroatoms. The molecule has 0 amide bonds. The smallest absolute Gasteiger partial charge is 0.0504 e. The fourth-order valence-corrected chi connectivity index (χ4v) is 3.79. The van der Waals surface area contributed by atoms with Gasteiger partial charge in [-0.2, -0.15) is 0 Å². The van der Waals surface area contributed by atoms with Crippen LogP contribution in [0.4, 0.5) is 0 Å². The zero-order valence-corrected chi connectivity index (χ0v) is 16.8. The van der Waals surface area contributed by atoms with Gasteiger partial charge in [0.15, 0.2) is 0 Å². The lowest BCUT2D eigenvalue weighted by Crippen LogP contribution is -2.37. The minimum Gasteiger partial charge on any atom is -0.316 e. The molecule has 0 aromatic rings. The van der Waals surface area contributed by atoms with E-state index in [4.69, 9.17) is 0 Å². The van der Waals surface area contributed by atoms with E-state index in [0.717, 1.165) is 17.3 Å². The van der Waals surface area contributed by atoms with Crippen molar-refractivity contribution in [3.8, 4) is 0 Å². The molecule has 2 heterocycles. The molecular weight excluding hydrogens is 282 g/mol. The summed E-state index contributed by atoms with van der Waals surface area (Å²) in [6.07, 6.45) is 7.19. The van der Waals surface area contributed by atoms with Crippen LogP contribution in [0.1, 0.15) is 66.7 Å². The van der Waals surface area contributed by atoms with Gasteiger partial charge in [-0.1, -0.05) is 34.6 Å². The summed E-state index contributed by atoms with van der Waals surface area (Å²) in [6, 6.07) is 0. The van der Waals surface area contributed by atoms with E-state index >= 15 is 0 Å². The van der Waals surface area contributed by atoms with Gasteiger partial charge in [0.05, 0.1) is 6.67 Å². The first kappa shape index (κ1) is 20.9. The molecule has 0 spiro atoms. The van der Waals surface area contributed by atoms with E-state index in [2.05, 4.69) is 42.9 Å². The zero-order chi connectivity index (χ0) is 17.3. The van der Waals surface area contributed by atoms with Crippen molar-refractivity contribution >= 4 is 0 Å². The van der Waals surface area contributed by atoms with Gasteiger partial charge in [0.25, 0.3) is 0 Å². The van der Waals surface area contributed by atoms with E-state index in [-0.39, 0.29) is 0 Å². The average Bonchev–Trinajstić information content (AvgIpc) is 3.10. The molecule has 0 bridgehead atoms. The second-order valence-corrected chi connectivity index (χ2v) is 8.42. The summed E-state index contributed by atoms with van der Waals surface area (Å²) in [6.45, 7) is 18.5. The molecule has 3 aliphatic rings. The van der Waals surface area contributed by atoms with Crippen molar-refractivity contribution in [3.63, 3.8) is 0 Å². The summed E-state index contributed by atoms with van der Waals surface area (Å²) >= 11 is 0. The molecule has 0 aromatic heterocycles. The van der Waals surface area contributed by atoms with Crippen molar-refractivity contribution in [2.24, 2.45) is 17.3 Å². The molecule has 0 aromatic carbocycles. The highest BCUT2D eigenvalue weighted by Crippen LogP contribution is 2.49. The highest BCUT2D eigenvalue weighted by Gasteiger charge is 2.37. The first-order valence-corrected chi connectivity index (χ1v) is 10.1. The summed E-state index contributed by atoms with van der Waals surface area (Å²) in [7, 11) is 2.21. The van der Waals surface area contributed by atoms with Crippen molar-refractivity contribution in [1.29, 1.82) is 0 Å². The molecule has 138 valence electrons. The number of nitrogens with one attached hydrogen (secondary N) is 1. The van der Waals surface area contributed by atoms with Crippen LogP contribution in [-0.2, 0) is 0 Å². The molecule has 1 atom stereocenters. The monoisotopic (exact) mass is 325 g/mol. The summed E-state index contributed by atoms with van der Waals surface area (Å²) < 4.78 is 0. The number of nitrogens with zero attached hydrogens (tertiary/aromatic N) is 2. The summed E-state index contributed by atoms with van der Waals surface area (Å²) in [5.74, 6) is 1.81. The van der Waals surface area contributed by atoms with Crippen molar-refractivity contribution in [2.45, 2.75) is 66.7 Å². The Hall–Kier alpha value is -0.120. The molecule has 0 radical (unpaired) electrons. The lowest BCUT2D eigenvalue weighted by Gasteiger charge is -2.27. The van der Waals surface area contributed by atoms with E-state index in [0.29, 0.717) is 0 Å². The Kier molecular flexibility index (Phi) is 9.72. The topological polar surface area (TPSA) is 18.5 Å². The summed E-state index contributed by atoms with van der Waals surface area (Å²) in [5, 5.41) is 3.48. The lowest BCUT2D eigenvalue weighted by molar-refractivity contribution is 0.215. The highest BCUT2D eigenvalue weighted by atomic mass is 15.4. The second kappa shape index (κ2) is 10.7. The van der Waals surface area contributed by atoms with Crippen LogP contribution in [0.25, 0.3) is 0 Å². The Morgan fingerprint density at radius 3 is 2.26 bits per heavy atom. The molecule has 1 N–H and O–H groups in total. The van der Waals surface area contributed by atoms with Crippen LogP contribution in [0.15, 0.2) is 0 Å². The average molecular weight is 326 g/mol. The molecule has 1 aliphatic carbocycles. The van der Waals surface area contributed by atoms with Gasteiger partial charge in [-0.15, -0.1) is 0 Å². The minimum absolute atomic E-state index is 0.772. The van der Waals surface area contributed by atoms with E-state index in [9.17, 15) is 0 Å². The Labute approximate surface area is 146 Å². The van der Waals surface area contributed by atoms with Gasteiger partial charge < -0.3 is 5.32 Å². The Morgan fingerprint density at radius 2 is 1.87 bits per heavy atom. The highest BCUT2D eigenvalue weighted by molar-refractivity contribution is 4.88. The maximum absolute atomic E-state index is 3.48. The fourth-order valence-electron chi connectivity index (χ4n) is 3.79. The Morgan fingerprint density at radius 1 is 1.17 bits per heavy atom. The van der Waals surface area contributed by atoms with Gasteiger partial charge >= 0.3 is 0 Å². The van der Waals surface area contributed by atoms with Crippen LogP contribution in [0.2, 0.25) is 0 Å². The molecule has 1 saturated carbocycles. The first-order chi connectivity index (χ1) is 11.0. The van der Waals surface area contributed by atoms with Gasteiger partial charge in [0.2, 0.25) is 0 Å². The number of piperidine rings is 1. The van der Waals surface area contributed by atoms with Crippen molar-refractivity contribution < 1.29 is 0 Å². The van der Waals surface area contributed by atoms with Crippen LogP contribution in [0.5, 0.6) is 0 Å². The van der Waals surface area contributed by atoms with Gasteiger partial charge in [-0.3, -0.25) is 9.80 Å². The number of hydrogen-bond donors (Lipinski definition) is 1. The van der Waals surface area contributed by atoms with Crippen LogP contribution < -0.4 is 5.32 Å². The third-order valence-electron chi connectivity index (χ3n) is 5.16. The molecule has 2 aliphatic heterocycles. The SMILES string of the molecule is CC.CC(C)CC1(C)CC1.CN1CCN(CC2CCCNC2)C1. The standard InChI is InChI=1S/C10H21N3.C8H16.C2H6/c1-12-5-6-13(9-12)8-10-3-2-4-11-7-10;1-7(2)6-8(3)4-5-8;1-2/h10-11H,2-9H2,1H3;7H,4-6H2,1-3H3;1-2H3. The van der Waals surface area contributed by atoms with Crippen molar-refractivity contribution in [1.82, 2.24) is 15.1 Å². The summed E-state index contributed by atoms with van der Waals surface area (Å²) in [4.78, 5) is 4.98. The Balaban J connectivity index is 0.000000228.